The average molecular weight is 242 g/mol. The Kier molecular flexibility index (Phi) is 2.40. The Hall–Kier alpha value is -2.16. The summed E-state index contributed by atoms with van der Waals surface area (Å²) in [6, 6.07) is 9.02. The number of ether oxygens (including phenoxy) is 1. The Labute approximate surface area is 105 Å². The maximum atomic E-state index is 10.0. The van der Waals surface area contributed by atoms with E-state index in [1.54, 1.807) is 19.2 Å². The molecule has 0 fully saturated rings. The molecule has 0 spiro atoms. The van der Waals surface area contributed by atoms with E-state index in [9.17, 15) is 10.2 Å². The van der Waals surface area contributed by atoms with E-state index in [1.807, 2.05) is 18.2 Å². The quantitative estimate of drug-likeness (QED) is 0.808. The average Bonchev–Trinajstić information content (AvgIpc) is 2.38. The van der Waals surface area contributed by atoms with Crippen molar-refractivity contribution in [2.45, 2.75) is 12.8 Å². The van der Waals surface area contributed by atoms with Gasteiger partial charge >= 0.3 is 0 Å². The number of hydrogen-bond donors (Lipinski definition) is 2. The number of methoxy groups -OCH3 is 1. The van der Waals surface area contributed by atoms with Gasteiger partial charge in [0.15, 0.2) is 11.5 Å². The largest absolute Gasteiger partial charge is 0.507 e. The topological polar surface area (TPSA) is 49.7 Å². The molecular weight excluding hydrogens is 228 g/mol. The Morgan fingerprint density at radius 1 is 1.00 bits per heavy atom. The minimum atomic E-state index is 0.148. The highest BCUT2D eigenvalue weighted by atomic mass is 16.5. The number of aromatic hydroxyl groups is 2. The van der Waals surface area contributed by atoms with Gasteiger partial charge in [0.1, 0.15) is 5.75 Å². The van der Waals surface area contributed by atoms with Gasteiger partial charge in [-0.3, -0.25) is 0 Å². The molecule has 3 rings (SSSR count). The van der Waals surface area contributed by atoms with Crippen molar-refractivity contribution >= 4 is 0 Å². The summed E-state index contributed by atoms with van der Waals surface area (Å²) in [4.78, 5) is 0. The summed E-state index contributed by atoms with van der Waals surface area (Å²) < 4.78 is 5.27. The van der Waals surface area contributed by atoms with Crippen LogP contribution >= 0.6 is 0 Å². The van der Waals surface area contributed by atoms with Gasteiger partial charge in [-0.15, -0.1) is 0 Å². The zero-order valence-corrected chi connectivity index (χ0v) is 10.1. The summed E-state index contributed by atoms with van der Waals surface area (Å²) in [7, 11) is 1.55. The molecule has 0 radical (unpaired) electrons. The van der Waals surface area contributed by atoms with Crippen LogP contribution < -0.4 is 4.74 Å². The number of fused-ring (bicyclic) bond motifs is 3. The molecule has 1 aliphatic carbocycles. The van der Waals surface area contributed by atoms with Crippen molar-refractivity contribution in [3.8, 4) is 28.4 Å². The normalized spacial score (nSPS) is 12.7. The van der Waals surface area contributed by atoms with Crippen molar-refractivity contribution in [3.05, 3.63) is 41.5 Å². The highest BCUT2D eigenvalue weighted by Crippen LogP contribution is 2.45. The molecule has 0 atom stereocenters. The number of benzene rings is 2. The Balaban J connectivity index is 2.31. The van der Waals surface area contributed by atoms with E-state index >= 15 is 0 Å². The van der Waals surface area contributed by atoms with Gasteiger partial charge in [-0.05, 0) is 36.1 Å². The molecule has 92 valence electrons. The van der Waals surface area contributed by atoms with E-state index in [-0.39, 0.29) is 11.5 Å². The third kappa shape index (κ3) is 1.44. The predicted molar refractivity (Wildman–Crippen MR) is 69.2 cm³/mol. The van der Waals surface area contributed by atoms with Crippen LogP contribution in [0, 0.1) is 0 Å². The van der Waals surface area contributed by atoms with E-state index < -0.39 is 0 Å². The van der Waals surface area contributed by atoms with Crippen molar-refractivity contribution < 1.29 is 14.9 Å². The predicted octanol–water partition coefficient (Wildman–Crippen LogP) is 2.87. The van der Waals surface area contributed by atoms with Crippen molar-refractivity contribution in [1.29, 1.82) is 0 Å². The summed E-state index contributed by atoms with van der Waals surface area (Å²) in [5.41, 5.74) is 3.91. The second-order valence-electron chi connectivity index (χ2n) is 4.46. The molecule has 1 aliphatic rings. The third-order valence-corrected chi connectivity index (χ3v) is 3.49. The van der Waals surface area contributed by atoms with Crippen LogP contribution in [-0.2, 0) is 12.8 Å². The summed E-state index contributed by atoms with van der Waals surface area (Å²) >= 11 is 0. The number of aryl methyl sites for hydroxylation is 1. The van der Waals surface area contributed by atoms with Crippen molar-refractivity contribution in [1.82, 2.24) is 0 Å². The van der Waals surface area contributed by atoms with Crippen molar-refractivity contribution in [2.24, 2.45) is 0 Å². The molecule has 3 heteroatoms. The maximum Gasteiger partial charge on any atom is 0.164 e. The lowest BCUT2D eigenvalue weighted by Gasteiger charge is -2.23. The van der Waals surface area contributed by atoms with Gasteiger partial charge in [0.2, 0.25) is 0 Å². The van der Waals surface area contributed by atoms with Gasteiger partial charge in [0.05, 0.1) is 7.11 Å². The first-order valence-corrected chi connectivity index (χ1v) is 5.92. The lowest BCUT2D eigenvalue weighted by Crippen LogP contribution is -2.06. The van der Waals surface area contributed by atoms with E-state index in [1.165, 1.54) is 0 Å². The zero-order valence-electron chi connectivity index (χ0n) is 10.1. The SMILES string of the molecule is COc1c(O)ccc2c1CCc1cccc(O)c1-2. The monoisotopic (exact) mass is 242 g/mol. The van der Waals surface area contributed by atoms with Crippen LogP contribution in [-0.4, -0.2) is 17.3 Å². The molecule has 2 aromatic rings. The fraction of sp³-hybridized carbons (Fsp3) is 0.200. The molecule has 18 heavy (non-hydrogen) atoms. The summed E-state index contributed by atoms with van der Waals surface area (Å²) in [5.74, 6) is 0.942. The molecule has 0 aromatic heterocycles. The molecule has 3 nitrogen and oxygen atoms in total. The van der Waals surface area contributed by atoms with Crippen molar-refractivity contribution in [3.63, 3.8) is 0 Å². The van der Waals surface area contributed by atoms with E-state index in [0.29, 0.717) is 5.75 Å². The number of hydrogen-bond acceptors (Lipinski definition) is 3. The van der Waals surface area contributed by atoms with Gasteiger partial charge in [0.25, 0.3) is 0 Å². The second kappa shape index (κ2) is 3.95. The highest BCUT2D eigenvalue weighted by Gasteiger charge is 2.23. The molecule has 0 saturated carbocycles. The van der Waals surface area contributed by atoms with Crippen molar-refractivity contribution in [2.75, 3.05) is 7.11 Å². The number of phenols is 2. The van der Waals surface area contributed by atoms with Crippen LogP contribution in [0.1, 0.15) is 11.1 Å². The number of rotatable bonds is 1. The van der Waals surface area contributed by atoms with Crippen LogP contribution in [0.4, 0.5) is 0 Å². The molecule has 2 aromatic carbocycles. The Morgan fingerprint density at radius 2 is 1.83 bits per heavy atom. The molecule has 2 N–H and O–H groups in total. The molecule has 0 bridgehead atoms. The summed E-state index contributed by atoms with van der Waals surface area (Å²) in [6.07, 6.45) is 1.65. The summed E-state index contributed by atoms with van der Waals surface area (Å²) in [5, 5.41) is 19.8. The van der Waals surface area contributed by atoms with Gasteiger partial charge in [-0.1, -0.05) is 18.2 Å². The minimum Gasteiger partial charge on any atom is -0.507 e. The third-order valence-electron chi connectivity index (χ3n) is 3.49. The van der Waals surface area contributed by atoms with Gasteiger partial charge < -0.3 is 14.9 Å². The standard InChI is InChI=1S/C15H14O3/c1-18-15-11-6-5-9-3-2-4-12(16)14(9)10(11)7-8-13(15)17/h2-4,7-8,16-17H,5-6H2,1H3. The van der Waals surface area contributed by atoms with E-state index in [4.69, 9.17) is 4.74 Å². The first-order valence-electron chi connectivity index (χ1n) is 5.92. The molecule has 0 saturated heterocycles. The van der Waals surface area contributed by atoms with Crippen LogP contribution in [0.25, 0.3) is 11.1 Å². The first-order chi connectivity index (χ1) is 8.72. The highest BCUT2D eigenvalue weighted by molar-refractivity contribution is 5.81. The molecule has 0 heterocycles. The van der Waals surface area contributed by atoms with Gasteiger partial charge in [-0.2, -0.15) is 0 Å². The molecule has 0 amide bonds. The van der Waals surface area contributed by atoms with Crippen LogP contribution in [0.5, 0.6) is 17.2 Å². The van der Waals surface area contributed by atoms with Gasteiger partial charge in [0, 0.05) is 11.1 Å². The maximum absolute atomic E-state index is 10.0. The van der Waals surface area contributed by atoms with Crippen LogP contribution in [0.3, 0.4) is 0 Å². The van der Waals surface area contributed by atoms with E-state index in [2.05, 4.69) is 0 Å². The lowest BCUT2D eigenvalue weighted by molar-refractivity contribution is 0.369. The summed E-state index contributed by atoms with van der Waals surface area (Å²) in [6.45, 7) is 0. The Morgan fingerprint density at radius 3 is 2.61 bits per heavy atom. The molecular formula is C15H14O3. The fourth-order valence-electron chi connectivity index (χ4n) is 2.69. The number of phenolic OH excluding ortho intramolecular Hbond substituents is 2. The first kappa shape index (κ1) is 11.0. The molecule has 0 unspecified atom stereocenters. The van der Waals surface area contributed by atoms with Crippen LogP contribution in [0.15, 0.2) is 30.3 Å². The molecule has 0 aliphatic heterocycles. The Bertz CT molecular complexity index is 617. The van der Waals surface area contributed by atoms with Gasteiger partial charge in [-0.25, -0.2) is 0 Å². The minimum absolute atomic E-state index is 0.148. The lowest BCUT2D eigenvalue weighted by atomic mass is 9.84. The second-order valence-corrected chi connectivity index (χ2v) is 4.46. The fourth-order valence-corrected chi connectivity index (χ4v) is 2.69. The smallest absolute Gasteiger partial charge is 0.164 e. The zero-order chi connectivity index (χ0) is 12.7. The van der Waals surface area contributed by atoms with E-state index in [0.717, 1.165) is 35.1 Å². The van der Waals surface area contributed by atoms with Crippen LogP contribution in [0.2, 0.25) is 0 Å².